The smallest absolute Gasteiger partial charge is 0.340 e. The number of ether oxygens (including phenoxy) is 3. The van der Waals surface area contributed by atoms with Crippen molar-refractivity contribution in [2.45, 2.75) is 6.92 Å². The zero-order valence-corrected chi connectivity index (χ0v) is 18.1. The molecule has 0 saturated carbocycles. The molecule has 0 aliphatic carbocycles. The van der Waals surface area contributed by atoms with Crippen molar-refractivity contribution >= 4 is 35.2 Å². The molecule has 33 heavy (non-hydrogen) atoms. The van der Waals surface area contributed by atoms with Crippen molar-refractivity contribution in [3.8, 4) is 6.07 Å². The first-order valence-electron chi connectivity index (χ1n) is 9.61. The largest absolute Gasteiger partial charge is 0.465 e. The van der Waals surface area contributed by atoms with Crippen molar-refractivity contribution in [3.05, 3.63) is 70.9 Å². The molecule has 10 nitrogen and oxygen atoms in total. The first-order chi connectivity index (χ1) is 15.9. The maximum Gasteiger partial charge on any atom is 0.340 e. The number of rotatable bonds is 8. The molecule has 0 unspecified atom stereocenters. The van der Waals surface area contributed by atoms with Gasteiger partial charge in [-0.2, -0.15) is 5.26 Å². The van der Waals surface area contributed by atoms with Crippen molar-refractivity contribution < 1.29 is 33.4 Å². The van der Waals surface area contributed by atoms with Crippen LogP contribution in [0.25, 0.3) is 0 Å². The summed E-state index contributed by atoms with van der Waals surface area (Å²) in [6.07, 6.45) is 1.06. The fraction of sp³-hybridized carbons (Fsp3) is 0.174. The Morgan fingerprint density at radius 1 is 0.939 bits per heavy atom. The molecule has 0 saturated heterocycles. The van der Waals surface area contributed by atoms with Gasteiger partial charge in [0.15, 0.2) is 0 Å². The van der Waals surface area contributed by atoms with Gasteiger partial charge >= 0.3 is 17.9 Å². The molecule has 0 bridgehead atoms. The van der Waals surface area contributed by atoms with Crippen LogP contribution in [0.2, 0.25) is 0 Å². The zero-order valence-electron chi connectivity index (χ0n) is 18.1. The molecule has 0 atom stereocenters. The lowest BCUT2D eigenvalue weighted by Crippen LogP contribution is -2.18. The molecular formula is C23H21N3O7. The van der Waals surface area contributed by atoms with Crippen molar-refractivity contribution in [3.63, 3.8) is 0 Å². The summed E-state index contributed by atoms with van der Waals surface area (Å²) in [6.45, 7) is 1.81. The second-order valence-electron chi connectivity index (χ2n) is 6.28. The Morgan fingerprint density at radius 3 is 2.24 bits per heavy atom. The highest BCUT2D eigenvalue weighted by molar-refractivity contribution is 6.10. The molecule has 10 heteroatoms. The minimum absolute atomic E-state index is 0.0618. The maximum absolute atomic E-state index is 12.6. The molecule has 0 aliphatic rings. The molecule has 1 amide bonds. The van der Waals surface area contributed by atoms with E-state index in [2.05, 4.69) is 15.4 Å². The summed E-state index contributed by atoms with van der Waals surface area (Å²) in [4.78, 5) is 48.6. The van der Waals surface area contributed by atoms with Gasteiger partial charge in [0.25, 0.3) is 5.91 Å². The molecule has 0 fully saturated rings. The number of amides is 1. The van der Waals surface area contributed by atoms with Gasteiger partial charge in [0.05, 0.1) is 48.9 Å². The summed E-state index contributed by atoms with van der Waals surface area (Å²) in [6, 6.07) is 11.9. The van der Waals surface area contributed by atoms with Gasteiger partial charge in [-0.25, -0.2) is 14.4 Å². The topological polar surface area (TPSA) is 144 Å². The Balaban J connectivity index is 2.33. The van der Waals surface area contributed by atoms with E-state index in [1.807, 2.05) is 0 Å². The second kappa shape index (κ2) is 11.7. The molecule has 0 aliphatic heterocycles. The van der Waals surface area contributed by atoms with Gasteiger partial charge < -0.3 is 24.8 Å². The fourth-order valence-corrected chi connectivity index (χ4v) is 2.66. The molecule has 2 N–H and O–H groups in total. The highest BCUT2D eigenvalue weighted by Gasteiger charge is 2.18. The van der Waals surface area contributed by atoms with Gasteiger partial charge in [-0.1, -0.05) is 12.1 Å². The minimum Gasteiger partial charge on any atom is -0.465 e. The van der Waals surface area contributed by atoms with E-state index in [-0.39, 0.29) is 40.2 Å². The van der Waals surface area contributed by atoms with Crippen molar-refractivity contribution in [1.29, 1.82) is 5.26 Å². The lowest BCUT2D eigenvalue weighted by Gasteiger charge is -2.11. The third-order valence-corrected chi connectivity index (χ3v) is 4.25. The first-order valence-corrected chi connectivity index (χ1v) is 9.61. The van der Waals surface area contributed by atoms with Gasteiger partial charge in [-0.05, 0) is 37.3 Å². The van der Waals surface area contributed by atoms with Crippen LogP contribution in [0.3, 0.4) is 0 Å². The molecule has 0 radical (unpaired) electrons. The van der Waals surface area contributed by atoms with Gasteiger partial charge in [0.1, 0.15) is 11.6 Å². The first kappa shape index (κ1) is 24.6. The summed E-state index contributed by atoms with van der Waals surface area (Å²) >= 11 is 0. The lowest BCUT2D eigenvalue weighted by molar-refractivity contribution is -0.112. The quantitative estimate of drug-likeness (QED) is 0.268. The van der Waals surface area contributed by atoms with Crippen LogP contribution in [0.5, 0.6) is 0 Å². The fourth-order valence-electron chi connectivity index (χ4n) is 2.66. The average molecular weight is 451 g/mol. The Kier molecular flexibility index (Phi) is 8.70. The molecule has 0 heterocycles. The number of para-hydroxylation sites is 1. The summed E-state index contributed by atoms with van der Waals surface area (Å²) in [7, 11) is 2.39. The molecule has 2 rings (SSSR count). The van der Waals surface area contributed by atoms with E-state index in [0.29, 0.717) is 0 Å². The summed E-state index contributed by atoms with van der Waals surface area (Å²) in [5.41, 5.74) is 0.214. The van der Waals surface area contributed by atoms with Crippen LogP contribution in [-0.2, 0) is 19.0 Å². The number of hydrogen-bond acceptors (Lipinski definition) is 9. The van der Waals surface area contributed by atoms with Crippen molar-refractivity contribution in [1.82, 2.24) is 0 Å². The number of carbonyl (C=O) groups is 4. The van der Waals surface area contributed by atoms with E-state index >= 15 is 0 Å². The molecular weight excluding hydrogens is 430 g/mol. The van der Waals surface area contributed by atoms with Crippen LogP contribution in [-0.4, -0.2) is 44.6 Å². The Bertz CT molecular complexity index is 1150. The monoisotopic (exact) mass is 451 g/mol. The zero-order chi connectivity index (χ0) is 24.4. The molecule has 0 spiro atoms. The van der Waals surface area contributed by atoms with Crippen LogP contribution in [0.4, 0.5) is 11.4 Å². The average Bonchev–Trinajstić information content (AvgIpc) is 2.83. The minimum atomic E-state index is -0.814. The van der Waals surface area contributed by atoms with Crippen LogP contribution in [0.1, 0.15) is 38.0 Å². The number of nitrogens with zero attached hydrogens (tertiary/aromatic N) is 1. The number of nitriles is 1. The van der Waals surface area contributed by atoms with Gasteiger partial charge in [-0.15, -0.1) is 0 Å². The van der Waals surface area contributed by atoms with Crippen LogP contribution in [0.15, 0.2) is 54.2 Å². The van der Waals surface area contributed by atoms with E-state index in [4.69, 9.17) is 9.47 Å². The molecule has 2 aromatic rings. The van der Waals surface area contributed by atoms with Crippen LogP contribution in [0, 0.1) is 11.3 Å². The van der Waals surface area contributed by atoms with E-state index in [0.717, 1.165) is 6.20 Å². The third kappa shape index (κ3) is 6.18. The number of benzene rings is 2. The Morgan fingerprint density at radius 2 is 1.61 bits per heavy atom. The number of hydrogen-bond donors (Lipinski definition) is 2. The number of methoxy groups -OCH3 is 2. The Labute approximate surface area is 189 Å². The molecule has 170 valence electrons. The van der Waals surface area contributed by atoms with E-state index in [1.165, 1.54) is 44.6 Å². The van der Waals surface area contributed by atoms with Crippen molar-refractivity contribution in [2.75, 3.05) is 31.5 Å². The predicted molar refractivity (Wildman–Crippen MR) is 117 cm³/mol. The molecule has 2 aromatic carbocycles. The summed E-state index contributed by atoms with van der Waals surface area (Å²) in [5, 5.41) is 14.6. The normalized spacial score (nSPS) is 10.4. The Hall–Kier alpha value is -4.65. The summed E-state index contributed by atoms with van der Waals surface area (Å²) < 4.78 is 14.3. The highest BCUT2D eigenvalue weighted by Crippen LogP contribution is 2.21. The summed E-state index contributed by atoms with van der Waals surface area (Å²) in [5.74, 6) is -2.79. The standard InChI is InChI=1S/C23H21N3O7/c1-4-33-23(30)16-7-5-6-8-18(16)26-20(27)15(12-24)13-25-19-11-14(21(28)31-2)9-10-17(19)22(29)32-3/h5-11,13,25H,4H2,1-3H3,(H,26,27)/b15-13-. The van der Waals surface area contributed by atoms with Crippen LogP contribution < -0.4 is 10.6 Å². The van der Waals surface area contributed by atoms with Gasteiger partial charge in [0, 0.05) is 6.20 Å². The number of carbonyl (C=O) groups excluding carboxylic acids is 4. The highest BCUT2D eigenvalue weighted by atomic mass is 16.5. The van der Waals surface area contributed by atoms with E-state index in [9.17, 15) is 24.4 Å². The number of esters is 3. The predicted octanol–water partition coefficient (Wildman–Crippen LogP) is 2.89. The lowest BCUT2D eigenvalue weighted by atomic mass is 10.1. The third-order valence-electron chi connectivity index (χ3n) is 4.25. The SMILES string of the molecule is CCOC(=O)c1ccccc1NC(=O)/C(C#N)=C\Nc1cc(C(=O)OC)ccc1C(=O)OC. The number of nitrogens with one attached hydrogen (secondary N) is 2. The maximum atomic E-state index is 12.6. The van der Waals surface area contributed by atoms with Gasteiger partial charge in [0.2, 0.25) is 0 Å². The second-order valence-corrected chi connectivity index (χ2v) is 6.28. The van der Waals surface area contributed by atoms with E-state index in [1.54, 1.807) is 25.1 Å². The van der Waals surface area contributed by atoms with Crippen molar-refractivity contribution in [2.24, 2.45) is 0 Å². The van der Waals surface area contributed by atoms with Crippen LogP contribution >= 0.6 is 0 Å². The van der Waals surface area contributed by atoms with E-state index < -0.39 is 23.8 Å². The number of anilines is 2. The molecule has 0 aromatic heterocycles. The van der Waals surface area contributed by atoms with Gasteiger partial charge in [-0.3, -0.25) is 4.79 Å².